The molecule has 2 heterocycles. The predicted octanol–water partition coefficient (Wildman–Crippen LogP) is 2.00. The van der Waals surface area contributed by atoms with Crippen LogP contribution in [0.25, 0.3) is 0 Å². The van der Waals surface area contributed by atoms with Crippen LogP contribution in [0.2, 0.25) is 0 Å². The summed E-state index contributed by atoms with van der Waals surface area (Å²) >= 11 is 3.09. The fourth-order valence-corrected chi connectivity index (χ4v) is 3.36. The van der Waals surface area contributed by atoms with Crippen molar-refractivity contribution in [3.05, 3.63) is 26.7 Å². The van der Waals surface area contributed by atoms with Crippen LogP contribution in [-0.2, 0) is 12.8 Å². The minimum atomic E-state index is 0.0529. The van der Waals surface area contributed by atoms with E-state index in [0.717, 1.165) is 40.5 Å². The Hall–Kier alpha value is -0.890. The number of hydrogen-bond donors (Lipinski definition) is 2. The maximum atomic E-state index is 5.66. The molecule has 0 spiro atoms. The highest BCUT2D eigenvalue weighted by molar-refractivity contribution is 7.09. The van der Waals surface area contributed by atoms with Gasteiger partial charge in [-0.25, -0.2) is 4.98 Å². The molecule has 3 N–H and O–H groups in total. The second kappa shape index (κ2) is 6.33. The summed E-state index contributed by atoms with van der Waals surface area (Å²) in [4.78, 5) is 5.60. The van der Waals surface area contributed by atoms with Crippen molar-refractivity contribution in [3.8, 4) is 0 Å². The Morgan fingerprint density at radius 1 is 1.50 bits per heavy atom. The molecule has 7 heteroatoms. The lowest BCUT2D eigenvalue weighted by atomic mass is 10.1. The molecule has 98 valence electrons. The van der Waals surface area contributed by atoms with E-state index in [9.17, 15) is 0 Å². The van der Waals surface area contributed by atoms with Crippen molar-refractivity contribution in [2.75, 3.05) is 0 Å². The summed E-state index contributed by atoms with van der Waals surface area (Å²) in [7, 11) is 0. The number of aryl methyl sites for hydroxylation is 2. The molecule has 2 aromatic rings. The largest absolute Gasteiger partial charge is 0.271 e. The summed E-state index contributed by atoms with van der Waals surface area (Å²) < 4.78 is 4.04. The van der Waals surface area contributed by atoms with Crippen LogP contribution in [0.5, 0.6) is 0 Å². The molecule has 1 unspecified atom stereocenters. The number of thiazole rings is 1. The first-order valence-electron chi connectivity index (χ1n) is 5.92. The molecule has 0 amide bonds. The van der Waals surface area contributed by atoms with Gasteiger partial charge in [-0.05, 0) is 24.9 Å². The van der Waals surface area contributed by atoms with Gasteiger partial charge < -0.3 is 0 Å². The molecule has 0 saturated carbocycles. The Morgan fingerprint density at radius 3 is 2.94 bits per heavy atom. The van der Waals surface area contributed by atoms with Crippen LogP contribution in [-0.4, -0.2) is 14.6 Å². The van der Waals surface area contributed by atoms with Crippen LogP contribution in [0.4, 0.5) is 0 Å². The summed E-state index contributed by atoms with van der Waals surface area (Å²) in [5, 5.41) is 7.32. The van der Waals surface area contributed by atoms with Gasteiger partial charge in [0.15, 0.2) is 0 Å². The van der Waals surface area contributed by atoms with Gasteiger partial charge in [0.1, 0.15) is 0 Å². The van der Waals surface area contributed by atoms with Crippen LogP contribution in [0.3, 0.4) is 0 Å². The smallest absolute Gasteiger partial charge is 0.0947 e. The van der Waals surface area contributed by atoms with Crippen LogP contribution in [0.1, 0.15) is 40.7 Å². The van der Waals surface area contributed by atoms with Gasteiger partial charge in [-0.15, -0.1) is 16.4 Å². The zero-order chi connectivity index (χ0) is 13.0. The Labute approximate surface area is 115 Å². The average Bonchev–Trinajstić information content (AvgIpc) is 2.96. The van der Waals surface area contributed by atoms with Crippen molar-refractivity contribution in [2.24, 2.45) is 5.84 Å². The first-order chi connectivity index (χ1) is 8.74. The van der Waals surface area contributed by atoms with E-state index in [-0.39, 0.29) is 6.04 Å². The van der Waals surface area contributed by atoms with Crippen LogP contribution < -0.4 is 11.3 Å². The average molecular weight is 283 g/mol. The van der Waals surface area contributed by atoms with Gasteiger partial charge >= 0.3 is 0 Å². The molecule has 0 fully saturated rings. The number of hydrogen-bond acceptors (Lipinski definition) is 7. The second-order valence-corrected chi connectivity index (χ2v) is 5.87. The Bertz CT molecular complexity index is 493. The van der Waals surface area contributed by atoms with Gasteiger partial charge in [0.2, 0.25) is 0 Å². The van der Waals surface area contributed by atoms with Gasteiger partial charge in [0.05, 0.1) is 21.6 Å². The van der Waals surface area contributed by atoms with Crippen molar-refractivity contribution in [2.45, 2.75) is 39.2 Å². The molecule has 0 aliphatic rings. The maximum Gasteiger partial charge on any atom is 0.0947 e. The van der Waals surface area contributed by atoms with Crippen molar-refractivity contribution in [3.63, 3.8) is 0 Å². The highest BCUT2D eigenvalue weighted by Crippen LogP contribution is 2.25. The molecule has 5 nitrogen and oxygen atoms in total. The zero-order valence-electron chi connectivity index (χ0n) is 10.5. The number of hydrazine groups is 1. The molecule has 18 heavy (non-hydrogen) atoms. The minimum Gasteiger partial charge on any atom is -0.271 e. The highest BCUT2D eigenvalue weighted by atomic mass is 32.1. The van der Waals surface area contributed by atoms with E-state index < -0.39 is 0 Å². The Morgan fingerprint density at radius 2 is 2.33 bits per heavy atom. The van der Waals surface area contributed by atoms with Gasteiger partial charge in [0.25, 0.3) is 0 Å². The van der Waals surface area contributed by atoms with Crippen LogP contribution in [0, 0.1) is 6.92 Å². The molecule has 1 atom stereocenters. The van der Waals surface area contributed by atoms with E-state index in [2.05, 4.69) is 32.3 Å². The molecule has 0 radical (unpaired) electrons. The summed E-state index contributed by atoms with van der Waals surface area (Å²) in [6.45, 7) is 4.14. The molecule has 0 aromatic carbocycles. The molecular formula is C11H17N5S2. The van der Waals surface area contributed by atoms with Gasteiger partial charge in [-0.3, -0.25) is 11.3 Å². The lowest BCUT2D eigenvalue weighted by Crippen LogP contribution is -2.29. The van der Waals surface area contributed by atoms with E-state index in [1.807, 2.05) is 6.92 Å². The monoisotopic (exact) mass is 283 g/mol. The number of rotatable bonds is 6. The van der Waals surface area contributed by atoms with Gasteiger partial charge in [-0.1, -0.05) is 17.8 Å². The number of nitrogens with zero attached hydrogens (tertiary/aromatic N) is 3. The van der Waals surface area contributed by atoms with E-state index in [1.54, 1.807) is 11.3 Å². The van der Waals surface area contributed by atoms with E-state index >= 15 is 0 Å². The highest BCUT2D eigenvalue weighted by Gasteiger charge is 2.19. The Balaban J connectivity index is 2.14. The summed E-state index contributed by atoms with van der Waals surface area (Å²) in [6.07, 6.45) is 2.79. The first kappa shape index (κ1) is 13.5. The van der Waals surface area contributed by atoms with Crippen molar-refractivity contribution >= 4 is 22.9 Å². The summed E-state index contributed by atoms with van der Waals surface area (Å²) in [6, 6.07) is 0.0529. The maximum absolute atomic E-state index is 5.66. The number of aromatic nitrogens is 3. The molecule has 2 aromatic heterocycles. The molecule has 0 saturated heterocycles. The third-order valence-electron chi connectivity index (χ3n) is 2.63. The predicted molar refractivity (Wildman–Crippen MR) is 74.5 cm³/mol. The fraction of sp³-hybridized carbons (Fsp3) is 0.545. The lowest BCUT2D eigenvalue weighted by molar-refractivity contribution is 0.552. The standard InChI is InChI=1S/C11H17N5S2/c1-3-4-8-11(18-16-15-8)9(14-12)5-10-13-7(2)6-17-10/h6,9,14H,3-5,12H2,1-2H3. The minimum absolute atomic E-state index is 0.0529. The quantitative estimate of drug-likeness (QED) is 0.626. The molecule has 0 aliphatic heterocycles. The lowest BCUT2D eigenvalue weighted by Gasteiger charge is -2.13. The summed E-state index contributed by atoms with van der Waals surface area (Å²) in [5.41, 5.74) is 4.97. The first-order valence-corrected chi connectivity index (χ1v) is 7.58. The van der Waals surface area contributed by atoms with Gasteiger partial charge in [0, 0.05) is 17.5 Å². The SMILES string of the molecule is CCCc1nnsc1C(Cc1nc(C)cs1)NN. The molecular weight excluding hydrogens is 266 g/mol. The van der Waals surface area contributed by atoms with Crippen LogP contribution >= 0.6 is 22.9 Å². The number of nitrogens with one attached hydrogen (secondary N) is 1. The zero-order valence-corrected chi connectivity index (χ0v) is 12.1. The summed E-state index contributed by atoms with van der Waals surface area (Å²) in [5.74, 6) is 5.66. The fourth-order valence-electron chi connectivity index (χ4n) is 1.79. The van der Waals surface area contributed by atoms with Crippen molar-refractivity contribution < 1.29 is 0 Å². The van der Waals surface area contributed by atoms with Crippen molar-refractivity contribution in [1.82, 2.24) is 20.0 Å². The Kier molecular flexibility index (Phi) is 4.76. The number of nitrogens with two attached hydrogens (primary N) is 1. The van der Waals surface area contributed by atoms with E-state index in [0.29, 0.717) is 0 Å². The molecule has 0 aliphatic carbocycles. The molecule has 0 bridgehead atoms. The van der Waals surface area contributed by atoms with Crippen molar-refractivity contribution in [1.29, 1.82) is 0 Å². The third kappa shape index (κ3) is 3.11. The normalized spacial score (nSPS) is 12.8. The topological polar surface area (TPSA) is 76.7 Å². The van der Waals surface area contributed by atoms with Crippen LogP contribution in [0.15, 0.2) is 5.38 Å². The third-order valence-corrected chi connectivity index (χ3v) is 4.50. The molecule has 2 rings (SSSR count). The van der Waals surface area contributed by atoms with Gasteiger partial charge in [-0.2, -0.15) is 0 Å². The second-order valence-electron chi connectivity index (χ2n) is 4.14. The van der Waals surface area contributed by atoms with E-state index in [1.165, 1.54) is 11.5 Å². The van der Waals surface area contributed by atoms with E-state index in [4.69, 9.17) is 5.84 Å².